The summed E-state index contributed by atoms with van der Waals surface area (Å²) in [5.74, 6) is 0.965. The Morgan fingerprint density at radius 3 is 2.50 bits per heavy atom. The van der Waals surface area contributed by atoms with Gasteiger partial charge in [-0.05, 0) is 82.4 Å². The van der Waals surface area contributed by atoms with Gasteiger partial charge < -0.3 is 29.5 Å². The Kier molecular flexibility index (Phi) is 7.01. The number of amides is 1. The molecule has 4 aromatic rings. The number of rotatable bonds is 6. The highest BCUT2D eigenvalue weighted by Crippen LogP contribution is 2.58. The number of methoxy groups -OCH3 is 1. The Hall–Kier alpha value is -3.56. The summed E-state index contributed by atoms with van der Waals surface area (Å²) in [7, 11) is 5.67. The average molecular weight is 607 g/mol. The maximum absolute atomic E-state index is 14.4. The van der Waals surface area contributed by atoms with Crippen molar-refractivity contribution in [2.24, 2.45) is 0 Å². The van der Waals surface area contributed by atoms with E-state index < -0.39 is 11.8 Å². The van der Waals surface area contributed by atoms with Crippen LogP contribution in [0.4, 0.5) is 11.4 Å². The van der Waals surface area contributed by atoms with Crippen LogP contribution in [0.15, 0.2) is 54.6 Å². The highest BCUT2D eigenvalue weighted by Gasteiger charge is 2.64. The first-order chi connectivity index (χ1) is 20.0. The van der Waals surface area contributed by atoms with Gasteiger partial charge in [-0.25, -0.2) is 4.98 Å². The van der Waals surface area contributed by atoms with Crippen LogP contribution < -0.4 is 15.0 Å². The van der Waals surface area contributed by atoms with Crippen molar-refractivity contribution in [2.75, 3.05) is 31.4 Å². The van der Waals surface area contributed by atoms with Crippen molar-refractivity contribution in [3.05, 3.63) is 92.7 Å². The minimum atomic E-state index is -1.45. The molecule has 0 saturated heterocycles. The molecule has 0 aliphatic carbocycles. The summed E-state index contributed by atoms with van der Waals surface area (Å²) in [4.78, 5) is 23.3. The number of hydrogen-bond acceptors (Lipinski definition) is 6. The highest BCUT2D eigenvalue weighted by atomic mass is 35.5. The molecule has 0 radical (unpaired) electrons. The van der Waals surface area contributed by atoms with Crippen molar-refractivity contribution in [1.29, 1.82) is 0 Å². The third-order valence-electron chi connectivity index (χ3n) is 8.03. The van der Waals surface area contributed by atoms with Crippen LogP contribution in [0, 0.1) is 6.92 Å². The van der Waals surface area contributed by atoms with Crippen LogP contribution in [0.2, 0.25) is 10.0 Å². The number of anilines is 2. The topological polar surface area (TPSA) is 82.9 Å². The zero-order chi connectivity index (χ0) is 30.1. The number of aromatic nitrogens is 2. The van der Waals surface area contributed by atoms with Crippen molar-refractivity contribution in [3.8, 4) is 17.1 Å². The molecule has 2 atom stereocenters. The van der Waals surface area contributed by atoms with Crippen LogP contribution in [0.1, 0.15) is 54.2 Å². The number of hydrogen-bond donors (Lipinski definition) is 2. The van der Waals surface area contributed by atoms with Gasteiger partial charge in [-0.2, -0.15) is 0 Å². The van der Waals surface area contributed by atoms with E-state index in [0.29, 0.717) is 49.9 Å². The summed E-state index contributed by atoms with van der Waals surface area (Å²) < 4.78 is 7.90. The van der Waals surface area contributed by atoms with Crippen LogP contribution in [-0.2, 0) is 16.9 Å². The second kappa shape index (κ2) is 10.3. The predicted octanol–water partition coefficient (Wildman–Crippen LogP) is 6.52. The van der Waals surface area contributed by atoms with Crippen LogP contribution in [0.5, 0.6) is 5.75 Å². The number of ether oxygens (including phenoxy) is 1. The lowest BCUT2D eigenvalue weighted by Crippen LogP contribution is -2.50. The van der Waals surface area contributed by atoms with Gasteiger partial charge in [0.15, 0.2) is 11.8 Å². The molecule has 0 fully saturated rings. The normalized spacial score (nSPS) is 19.2. The molecule has 2 aliphatic heterocycles. The number of carbonyl (C=O) groups excluding carboxylic acids is 1. The molecule has 0 saturated carbocycles. The molecule has 1 aromatic heterocycles. The number of fused-ring (bicyclic) bond motifs is 4. The van der Waals surface area contributed by atoms with E-state index in [1.165, 1.54) is 0 Å². The Morgan fingerprint density at radius 1 is 1.10 bits per heavy atom. The SMILES string of the molecule is COc1cc(CN(C)C)ccc1-c1nc2c(n1C(C)C)C1(C(=O)Nc3cc(Cl)ccc31)N(c1cc(Cl)ccc1C)C2O. The lowest BCUT2D eigenvalue weighted by atomic mass is 9.86. The van der Waals surface area contributed by atoms with E-state index in [1.54, 1.807) is 36.3 Å². The number of halogens is 2. The van der Waals surface area contributed by atoms with Gasteiger partial charge >= 0.3 is 0 Å². The predicted molar refractivity (Wildman–Crippen MR) is 166 cm³/mol. The molecule has 0 bridgehead atoms. The summed E-state index contributed by atoms with van der Waals surface area (Å²) in [5, 5.41) is 16.2. The van der Waals surface area contributed by atoms with E-state index >= 15 is 0 Å². The van der Waals surface area contributed by atoms with E-state index in [9.17, 15) is 9.90 Å². The van der Waals surface area contributed by atoms with Crippen LogP contribution in [0.3, 0.4) is 0 Å². The van der Waals surface area contributed by atoms with Gasteiger partial charge in [-0.1, -0.05) is 41.4 Å². The van der Waals surface area contributed by atoms with Gasteiger partial charge in [0.1, 0.15) is 17.3 Å². The van der Waals surface area contributed by atoms with Crippen molar-refractivity contribution in [1.82, 2.24) is 14.5 Å². The fraction of sp³-hybridized carbons (Fsp3) is 0.312. The number of imidazole rings is 1. The fourth-order valence-corrected chi connectivity index (χ4v) is 6.72. The monoisotopic (exact) mass is 605 g/mol. The second-order valence-electron chi connectivity index (χ2n) is 11.4. The van der Waals surface area contributed by atoms with Gasteiger partial charge in [0.05, 0.1) is 18.4 Å². The molecular weight excluding hydrogens is 573 g/mol. The van der Waals surface area contributed by atoms with Crippen molar-refractivity contribution in [2.45, 2.75) is 45.1 Å². The Bertz CT molecular complexity index is 1730. The van der Waals surface area contributed by atoms with E-state index in [2.05, 4.69) is 16.3 Å². The number of nitrogens with zero attached hydrogens (tertiary/aromatic N) is 4. The van der Waals surface area contributed by atoms with E-state index in [-0.39, 0.29) is 11.9 Å². The smallest absolute Gasteiger partial charge is 0.261 e. The molecule has 6 rings (SSSR count). The van der Waals surface area contributed by atoms with Crippen LogP contribution in [-0.4, -0.2) is 46.7 Å². The number of carbonyl (C=O) groups is 1. The van der Waals surface area contributed by atoms with E-state index in [4.69, 9.17) is 32.9 Å². The molecule has 10 heteroatoms. The van der Waals surface area contributed by atoms with E-state index in [0.717, 1.165) is 23.2 Å². The maximum Gasteiger partial charge on any atom is 0.261 e. The van der Waals surface area contributed by atoms with Crippen LogP contribution in [0.25, 0.3) is 11.4 Å². The highest BCUT2D eigenvalue weighted by molar-refractivity contribution is 6.31. The average Bonchev–Trinajstić information content (AvgIpc) is 3.53. The molecule has 2 aliphatic rings. The number of benzene rings is 3. The molecule has 218 valence electrons. The molecular formula is C32H33Cl2N5O3. The summed E-state index contributed by atoms with van der Waals surface area (Å²) >= 11 is 12.9. The Labute approximate surface area is 255 Å². The molecule has 2 N–H and O–H groups in total. The zero-order valence-electron chi connectivity index (χ0n) is 24.4. The van der Waals surface area contributed by atoms with Crippen molar-refractivity contribution < 1.29 is 14.6 Å². The van der Waals surface area contributed by atoms with Crippen LogP contribution >= 0.6 is 23.2 Å². The summed E-state index contributed by atoms with van der Waals surface area (Å²) in [6.45, 7) is 6.77. The lowest BCUT2D eigenvalue weighted by molar-refractivity contribution is -0.120. The standard InChI is InChI=1S/C32H33Cl2N5O3/c1-17(2)38-28-27(36-29(38)22-11-8-19(16-37(4)5)13-26(22)42-6)30(40)39(25-15-21(34)9-7-18(25)3)32(28)23-12-10-20(33)14-24(23)35-31(32)41/h7-15,17,30,40H,16H2,1-6H3,(H,35,41). The summed E-state index contributed by atoms with van der Waals surface area (Å²) in [6, 6.07) is 16.7. The summed E-state index contributed by atoms with van der Waals surface area (Å²) in [6.07, 6.45) is -1.25. The maximum atomic E-state index is 14.4. The number of aliphatic hydroxyl groups is 1. The number of aryl methyl sites for hydroxylation is 1. The van der Waals surface area contributed by atoms with Crippen molar-refractivity contribution >= 4 is 40.5 Å². The number of nitrogens with one attached hydrogen (secondary N) is 1. The molecule has 8 nitrogen and oxygen atoms in total. The Morgan fingerprint density at radius 2 is 1.81 bits per heavy atom. The van der Waals surface area contributed by atoms with E-state index in [1.807, 2.05) is 63.7 Å². The molecule has 1 spiro atoms. The molecule has 2 unspecified atom stereocenters. The third-order valence-corrected chi connectivity index (χ3v) is 8.50. The second-order valence-corrected chi connectivity index (χ2v) is 12.3. The third kappa shape index (κ3) is 4.12. The summed E-state index contributed by atoms with van der Waals surface area (Å²) in [5.41, 5.74) is 4.16. The minimum Gasteiger partial charge on any atom is -0.496 e. The lowest BCUT2D eigenvalue weighted by Gasteiger charge is -2.39. The Balaban J connectivity index is 1.68. The van der Waals surface area contributed by atoms with Gasteiger partial charge in [0.2, 0.25) is 0 Å². The minimum absolute atomic E-state index is 0.129. The van der Waals surface area contributed by atoms with Gasteiger partial charge in [-0.3, -0.25) is 4.79 Å². The first-order valence-electron chi connectivity index (χ1n) is 13.8. The fourth-order valence-electron chi connectivity index (χ4n) is 6.39. The zero-order valence-corrected chi connectivity index (χ0v) is 25.9. The number of aliphatic hydroxyl groups excluding tert-OH is 1. The van der Waals surface area contributed by atoms with Gasteiger partial charge in [-0.15, -0.1) is 0 Å². The quantitative estimate of drug-likeness (QED) is 0.260. The van der Waals surface area contributed by atoms with Crippen molar-refractivity contribution in [3.63, 3.8) is 0 Å². The van der Waals surface area contributed by atoms with Gasteiger partial charge in [0, 0.05) is 39.6 Å². The van der Waals surface area contributed by atoms with Gasteiger partial charge in [0.25, 0.3) is 5.91 Å². The first-order valence-corrected chi connectivity index (χ1v) is 14.5. The molecule has 3 heterocycles. The first kappa shape index (κ1) is 28.6. The molecule has 42 heavy (non-hydrogen) atoms. The molecule has 1 amide bonds. The largest absolute Gasteiger partial charge is 0.496 e. The molecule has 3 aromatic carbocycles.